The molecule has 0 aliphatic carbocycles. The average Bonchev–Trinajstić information content (AvgIpc) is 2.48. The number of likely N-dealkylation sites (N-methyl/N-ethyl adjacent to an activating group) is 1. The maximum absolute atomic E-state index is 11.1. The zero-order chi connectivity index (χ0) is 19.3. The summed E-state index contributed by atoms with van der Waals surface area (Å²) in [4.78, 5) is 19.5. The van der Waals surface area contributed by atoms with Crippen molar-refractivity contribution < 1.29 is 23.9 Å². The molecule has 0 aromatic rings. The van der Waals surface area contributed by atoms with Crippen molar-refractivity contribution in [3.63, 3.8) is 0 Å². The first-order chi connectivity index (χ1) is 11.3. The van der Waals surface area contributed by atoms with Crippen molar-refractivity contribution in [2.75, 3.05) is 40.2 Å². The van der Waals surface area contributed by atoms with Gasteiger partial charge in [0.2, 0.25) is 0 Å². The van der Waals surface area contributed by atoms with Gasteiger partial charge < -0.3 is 21.1 Å². The van der Waals surface area contributed by atoms with Gasteiger partial charge in [0.05, 0.1) is 0 Å². The zero-order valence-electron chi connectivity index (χ0n) is 16.0. The first-order valence-corrected chi connectivity index (χ1v) is 7.99. The van der Waals surface area contributed by atoms with Crippen molar-refractivity contribution in [3.05, 3.63) is 0 Å². The fourth-order valence-electron chi connectivity index (χ4n) is 1.08. The molecule has 0 fully saturated rings. The van der Waals surface area contributed by atoms with Gasteiger partial charge in [-0.15, -0.1) is 0 Å². The number of nitrogens with two attached hydrogens (primary N) is 1. The molecule has 0 aliphatic rings. The number of carbonyl (C=O) groups excluding carboxylic acids is 1. The molecular weight excluding hydrogens is 312 g/mol. The number of ether oxygens (including phenoxy) is 1. The normalized spacial score (nSPS) is 9.62. The van der Waals surface area contributed by atoms with E-state index in [-0.39, 0.29) is 18.1 Å². The first-order valence-electron chi connectivity index (χ1n) is 7.99. The SMILES string of the molecule is CNCCCC(=O)OC(C)(C)C.CNCCN.C[B]OOCB=O. The van der Waals surface area contributed by atoms with E-state index in [0.717, 1.165) is 26.1 Å². The van der Waals surface area contributed by atoms with Crippen molar-refractivity contribution in [3.8, 4) is 0 Å². The molecule has 1 radical (unpaired) electrons. The van der Waals surface area contributed by atoms with Crippen LogP contribution in [0.4, 0.5) is 0 Å². The van der Waals surface area contributed by atoms with Gasteiger partial charge in [-0.25, -0.2) is 0 Å². The van der Waals surface area contributed by atoms with E-state index >= 15 is 0 Å². The van der Waals surface area contributed by atoms with E-state index in [4.69, 9.17) is 10.5 Å². The molecule has 0 unspecified atom stereocenters. The van der Waals surface area contributed by atoms with Gasteiger partial charge in [0.15, 0.2) is 0 Å². The molecule has 8 nitrogen and oxygen atoms in total. The number of carbonyl (C=O) groups is 1. The van der Waals surface area contributed by atoms with E-state index in [1.165, 1.54) is 7.48 Å². The van der Waals surface area contributed by atoms with Gasteiger partial charge in [-0.3, -0.25) is 4.79 Å². The average molecular weight is 346 g/mol. The molecule has 0 bridgehead atoms. The summed E-state index contributed by atoms with van der Waals surface area (Å²) >= 11 is 0. The number of hydrogen-bond acceptors (Lipinski definition) is 8. The third-order valence-corrected chi connectivity index (χ3v) is 1.92. The number of nitrogens with one attached hydrogen (secondary N) is 2. The standard InChI is InChI=1S/C9H19NO2.C3H10N2.C2H5B2O3/c1-9(2,3)12-8(11)6-5-7-10-4;1-5-3-2-4;1-3-7-6-2-4-5/h10H,5-7H2,1-4H3;5H,2-4H2,1H3;2H2,1H3. The Labute approximate surface area is 148 Å². The van der Waals surface area contributed by atoms with Crippen LogP contribution in [-0.2, 0) is 23.9 Å². The molecule has 0 rings (SSSR count). The fourth-order valence-corrected chi connectivity index (χ4v) is 1.08. The van der Waals surface area contributed by atoms with E-state index < -0.39 is 0 Å². The van der Waals surface area contributed by atoms with Gasteiger partial charge >= 0.3 is 48.3 Å². The van der Waals surface area contributed by atoms with Crippen LogP contribution in [0, 0.1) is 0 Å². The second-order valence-electron chi connectivity index (χ2n) is 5.47. The molecule has 0 saturated carbocycles. The van der Waals surface area contributed by atoms with Crippen LogP contribution >= 0.6 is 0 Å². The topological polar surface area (TPSA) is 112 Å². The Balaban J connectivity index is -0.000000311. The summed E-state index contributed by atoms with van der Waals surface area (Å²) in [6, 6.07) is 0. The van der Waals surface area contributed by atoms with Crippen LogP contribution in [0.1, 0.15) is 33.6 Å². The predicted molar refractivity (Wildman–Crippen MR) is 97.1 cm³/mol. The Kier molecular flexibility index (Phi) is 25.9. The summed E-state index contributed by atoms with van der Waals surface area (Å²) in [6.45, 7) is 9.79. The van der Waals surface area contributed by atoms with Crippen LogP contribution in [0.15, 0.2) is 0 Å². The first kappa shape index (κ1) is 28.0. The van der Waals surface area contributed by atoms with Crippen LogP contribution in [-0.4, -0.2) is 66.4 Å². The summed E-state index contributed by atoms with van der Waals surface area (Å²) < 4.78 is 14.6. The molecule has 10 heteroatoms. The molecule has 0 aliphatic heterocycles. The van der Waals surface area contributed by atoms with Crippen LogP contribution in [0.2, 0.25) is 6.82 Å². The minimum absolute atomic E-state index is 0.00958. The van der Waals surface area contributed by atoms with E-state index in [9.17, 15) is 9.50 Å². The van der Waals surface area contributed by atoms with E-state index in [1.54, 1.807) is 6.82 Å². The van der Waals surface area contributed by atoms with Gasteiger partial charge in [-0.2, -0.15) is 0 Å². The summed E-state index contributed by atoms with van der Waals surface area (Å²) in [5.41, 5.74) is 4.73. The second kappa shape index (κ2) is 22.2. The van der Waals surface area contributed by atoms with Gasteiger partial charge in [0, 0.05) is 19.5 Å². The Morgan fingerprint density at radius 3 is 2.08 bits per heavy atom. The van der Waals surface area contributed by atoms with Crippen molar-refractivity contribution in [2.24, 2.45) is 5.73 Å². The molecule has 0 aromatic heterocycles. The molecule has 0 atom stereocenters. The third-order valence-electron chi connectivity index (χ3n) is 1.92. The maximum atomic E-state index is 11.1. The van der Waals surface area contributed by atoms with Gasteiger partial charge in [0.25, 0.3) is 0 Å². The van der Waals surface area contributed by atoms with Crippen LogP contribution < -0.4 is 16.4 Å². The Morgan fingerprint density at radius 1 is 1.17 bits per heavy atom. The van der Waals surface area contributed by atoms with Gasteiger partial charge in [-0.1, -0.05) is 0 Å². The number of hydrogen-bond donors (Lipinski definition) is 3. The van der Waals surface area contributed by atoms with Crippen LogP contribution in [0.25, 0.3) is 0 Å². The van der Waals surface area contributed by atoms with Gasteiger partial charge in [-0.05, 0) is 47.8 Å². The molecule has 0 saturated heterocycles. The zero-order valence-corrected chi connectivity index (χ0v) is 16.0. The quantitative estimate of drug-likeness (QED) is 0.168. The van der Waals surface area contributed by atoms with Crippen molar-refractivity contribution in [1.29, 1.82) is 0 Å². The number of rotatable bonds is 10. The molecule has 0 spiro atoms. The monoisotopic (exact) mass is 346 g/mol. The summed E-state index contributed by atoms with van der Waals surface area (Å²) in [7, 11) is 5.72. The Morgan fingerprint density at radius 2 is 1.75 bits per heavy atom. The summed E-state index contributed by atoms with van der Waals surface area (Å²) in [5.74, 6) is -0.113. The molecule has 24 heavy (non-hydrogen) atoms. The Bertz CT molecular complexity index is 278. The number of esters is 1. The van der Waals surface area contributed by atoms with E-state index in [2.05, 4.69) is 20.3 Å². The molecule has 0 aromatic carbocycles. The van der Waals surface area contributed by atoms with Crippen molar-refractivity contribution >= 4 is 20.6 Å². The minimum atomic E-state index is -0.350. The molecule has 4 N–H and O–H groups in total. The molecule has 141 valence electrons. The van der Waals surface area contributed by atoms with E-state index in [1.807, 2.05) is 34.9 Å². The molecule has 0 heterocycles. The van der Waals surface area contributed by atoms with Crippen LogP contribution in [0.5, 0.6) is 0 Å². The van der Waals surface area contributed by atoms with E-state index in [0.29, 0.717) is 13.6 Å². The molecule has 0 amide bonds. The summed E-state index contributed by atoms with van der Waals surface area (Å²) in [6.07, 6.45) is 1.34. The summed E-state index contributed by atoms with van der Waals surface area (Å²) in [5, 5.41) is 5.87. The van der Waals surface area contributed by atoms with Crippen LogP contribution in [0.3, 0.4) is 0 Å². The predicted octanol–water partition coefficient (Wildman–Crippen LogP) is 0.101. The van der Waals surface area contributed by atoms with Crippen molar-refractivity contribution in [2.45, 2.75) is 46.0 Å². The molecular formula is C14H34B2N3O5. The second-order valence-corrected chi connectivity index (χ2v) is 5.47. The van der Waals surface area contributed by atoms with Crippen molar-refractivity contribution in [1.82, 2.24) is 10.6 Å². The fraction of sp³-hybridized carbons (Fsp3) is 0.929. The third kappa shape index (κ3) is 37.4. The Hall–Kier alpha value is -0.800. The van der Waals surface area contributed by atoms with Gasteiger partial charge in [0.1, 0.15) is 5.60 Å².